The molecule has 9 nitrogen and oxygen atoms in total. The number of aromatic amines is 1. The van der Waals surface area contributed by atoms with Gasteiger partial charge in [-0.3, -0.25) is 9.59 Å². The molecule has 6 heterocycles. The van der Waals surface area contributed by atoms with Gasteiger partial charge in [-0.2, -0.15) is 14.8 Å². The standard InChI is InChI=1S/C24H24ClN7O2/c25-12-22(33)31-9-2-4-21(31)24(34)30-10-6-15(14-30)19-11-17-16(5-8-26-23(17)29-19)18-13-28-32-20(18)3-1-7-27-32/h1,3,5,7-8,11,13,15,21H,2,4,6,9-10,12,14H2,(H,26,29). The van der Waals surface area contributed by atoms with E-state index in [0.717, 1.165) is 46.2 Å². The van der Waals surface area contributed by atoms with Gasteiger partial charge in [-0.15, -0.1) is 11.6 Å². The summed E-state index contributed by atoms with van der Waals surface area (Å²) in [6, 6.07) is 7.66. The Labute approximate surface area is 200 Å². The minimum atomic E-state index is -0.384. The molecule has 0 bridgehead atoms. The van der Waals surface area contributed by atoms with Gasteiger partial charge in [-0.1, -0.05) is 0 Å². The second kappa shape index (κ2) is 8.39. The molecule has 0 radical (unpaired) electrons. The molecule has 2 amide bonds. The van der Waals surface area contributed by atoms with Gasteiger partial charge in [-0.25, -0.2) is 4.98 Å². The molecule has 34 heavy (non-hydrogen) atoms. The first-order valence-corrected chi connectivity index (χ1v) is 12.1. The largest absolute Gasteiger partial charge is 0.343 e. The van der Waals surface area contributed by atoms with Gasteiger partial charge in [0.05, 0.1) is 11.7 Å². The van der Waals surface area contributed by atoms with Crippen LogP contribution in [0, 0.1) is 0 Å². The lowest BCUT2D eigenvalue weighted by Crippen LogP contribution is -2.47. The summed E-state index contributed by atoms with van der Waals surface area (Å²) in [5.74, 6) is -0.0210. The fraction of sp³-hybridized carbons (Fsp3) is 0.375. The van der Waals surface area contributed by atoms with Gasteiger partial charge in [0.1, 0.15) is 17.6 Å². The summed E-state index contributed by atoms with van der Waals surface area (Å²) in [7, 11) is 0. The fourth-order valence-corrected chi connectivity index (χ4v) is 5.52. The molecule has 0 aliphatic carbocycles. The number of H-pyrrole nitrogens is 1. The molecule has 2 aliphatic heterocycles. The summed E-state index contributed by atoms with van der Waals surface area (Å²) < 4.78 is 1.62. The van der Waals surface area contributed by atoms with E-state index in [0.29, 0.717) is 26.1 Å². The van der Waals surface area contributed by atoms with Crippen LogP contribution in [0.3, 0.4) is 0 Å². The maximum Gasteiger partial charge on any atom is 0.245 e. The minimum absolute atomic E-state index is 0.0345. The van der Waals surface area contributed by atoms with Crippen LogP contribution in [0.1, 0.15) is 30.9 Å². The van der Waals surface area contributed by atoms with E-state index in [4.69, 9.17) is 11.6 Å². The number of hydrogen-bond acceptors (Lipinski definition) is 5. The van der Waals surface area contributed by atoms with Crippen LogP contribution in [0.25, 0.3) is 27.7 Å². The van der Waals surface area contributed by atoms with Gasteiger partial charge in [0.15, 0.2) is 0 Å². The third-order valence-corrected chi connectivity index (χ3v) is 7.29. The van der Waals surface area contributed by atoms with Gasteiger partial charge in [0.2, 0.25) is 11.8 Å². The lowest BCUT2D eigenvalue weighted by molar-refractivity contribution is -0.141. The van der Waals surface area contributed by atoms with Crippen LogP contribution in [-0.4, -0.2) is 78.0 Å². The highest BCUT2D eigenvalue weighted by Crippen LogP contribution is 2.35. The van der Waals surface area contributed by atoms with E-state index in [1.807, 2.05) is 29.3 Å². The molecule has 2 aliphatic rings. The minimum Gasteiger partial charge on any atom is -0.343 e. The van der Waals surface area contributed by atoms with Crippen molar-refractivity contribution in [2.24, 2.45) is 0 Å². The fourth-order valence-electron chi connectivity index (χ4n) is 5.37. The molecule has 4 aromatic heterocycles. The molecule has 2 saturated heterocycles. The van der Waals surface area contributed by atoms with Crippen molar-refractivity contribution in [3.8, 4) is 11.1 Å². The van der Waals surface area contributed by atoms with Crippen molar-refractivity contribution in [2.75, 3.05) is 25.5 Å². The zero-order chi connectivity index (χ0) is 23.2. The van der Waals surface area contributed by atoms with Crippen molar-refractivity contribution in [2.45, 2.75) is 31.2 Å². The van der Waals surface area contributed by atoms with E-state index in [9.17, 15) is 9.59 Å². The first kappa shape index (κ1) is 21.1. The molecular formula is C24H24ClN7O2. The second-order valence-corrected chi connectivity index (χ2v) is 9.22. The third-order valence-electron chi connectivity index (χ3n) is 7.06. The summed E-state index contributed by atoms with van der Waals surface area (Å²) in [5, 5.41) is 9.66. The Bertz CT molecular complexity index is 1400. The Morgan fingerprint density at radius 1 is 1.12 bits per heavy atom. The Morgan fingerprint density at radius 2 is 2.03 bits per heavy atom. The van der Waals surface area contributed by atoms with Crippen LogP contribution in [0.15, 0.2) is 42.9 Å². The number of alkyl halides is 1. The monoisotopic (exact) mass is 477 g/mol. The number of amides is 2. The van der Waals surface area contributed by atoms with Crippen LogP contribution < -0.4 is 0 Å². The molecule has 2 atom stereocenters. The molecule has 4 aromatic rings. The van der Waals surface area contributed by atoms with Gasteiger partial charge in [-0.05, 0) is 49.1 Å². The zero-order valence-electron chi connectivity index (χ0n) is 18.5. The number of carbonyl (C=O) groups excluding carboxylic acids is 2. The van der Waals surface area contributed by atoms with Crippen LogP contribution in [0.5, 0.6) is 0 Å². The van der Waals surface area contributed by atoms with Crippen molar-refractivity contribution in [3.05, 3.63) is 48.5 Å². The Morgan fingerprint density at radius 3 is 2.91 bits per heavy atom. The predicted octanol–water partition coefficient (Wildman–Crippen LogP) is 2.82. The van der Waals surface area contributed by atoms with E-state index in [2.05, 4.69) is 26.2 Å². The van der Waals surface area contributed by atoms with Crippen molar-refractivity contribution in [1.29, 1.82) is 0 Å². The maximum atomic E-state index is 13.2. The molecule has 1 N–H and O–H groups in total. The summed E-state index contributed by atoms with van der Waals surface area (Å²) in [6.07, 6.45) is 7.75. The quantitative estimate of drug-likeness (QED) is 0.456. The Hall–Kier alpha value is -3.46. The number of fused-ring (bicyclic) bond motifs is 2. The van der Waals surface area contributed by atoms with Crippen molar-refractivity contribution in [3.63, 3.8) is 0 Å². The molecule has 6 rings (SSSR count). The number of nitrogens with one attached hydrogen (secondary N) is 1. The van der Waals surface area contributed by atoms with Crippen molar-refractivity contribution < 1.29 is 9.59 Å². The summed E-state index contributed by atoms with van der Waals surface area (Å²) >= 11 is 5.75. The summed E-state index contributed by atoms with van der Waals surface area (Å²) in [6.45, 7) is 1.91. The summed E-state index contributed by atoms with van der Waals surface area (Å²) in [5.41, 5.74) is 4.86. The second-order valence-electron chi connectivity index (χ2n) is 8.95. The van der Waals surface area contributed by atoms with Gasteiger partial charge in [0, 0.05) is 54.6 Å². The lowest BCUT2D eigenvalue weighted by atomic mass is 10.0. The first-order valence-electron chi connectivity index (χ1n) is 11.6. The number of likely N-dealkylation sites (tertiary alicyclic amines) is 2. The molecule has 174 valence electrons. The van der Waals surface area contributed by atoms with E-state index in [1.165, 1.54) is 0 Å². The number of aromatic nitrogens is 5. The number of carbonyl (C=O) groups is 2. The number of halogens is 1. The zero-order valence-corrected chi connectivity index (χ0v) is 19.3. The lowest BCUT2D eigenvalue weighted by Gasteiger charge is -2.27. The molecule has 0 aromatic carbocycles. The van der Waals surface area contributed by atoms with Crippen LogP contribution in [0.4, 0.5) is 0 Å². The first-order chi connectivity index (χ1) is 16.6. The topological polar surface area (TPSA) is 99.5 Å². The molecule has 2 fully saturated rings. The van der Waals surface area contributed by atoms with E-state index in [-0.39, 0.29) is 29.7 Å². The molecule has 10 heteroatoms. The average Bonchev–Trinajstić information content (AvgIpc) is 3.67. The third kappa shape index (κ3) is 3.42. The van der Waals surface area contributed by atoms with E-state index < -0.39 is 0 Å². The molecule has 0 spiro atoms. The number of hydrogen-bond donors (Lipinski definition) is 1. The highest BCUT2D eigenvalue weighted by atomic mass is 35.5. The SMILES string of the molecule is O=C(C1CCCN1C(=O)CCl)N1CCC(c2cc3c(-c4cnn5ncccc45)ccnc3[nH]2)C1. The number of pyridine rings is 1. The normalized spacial score (nSPS) is 20.6. The van der Waals surface area contributed by atoms with Crippen LogP contribution in [0.2, 0.25) is 0 Å². The maximum absolute atomic E-state index is 13.2. The van der Waals surface area contributed by atoms with Crippen molar-refractivity contribution in [1.82, 2.24) is 34.6 Å². The van der Waals surface area contributed by atoms with E-state index >= 15 is 0 Å². The Kier molecular flexibility index (Phi) is 5.21. The van der Waals surface area contributed by atoms with Crippen molar-refractivity contribution >= 4 is 40.0 Å². The highest BCUT2D eigenvalue weighted by Gasteiger charge is 2.39. The van der Waals surface area contributed by atoms with E-state index in [1.54, 1.807) is 21.9 Å². The Balaban J connectivity index is 1.26. The number of nitrogens with zero attached hydrogens (tertiary/aromatic N) is 6. The molecular weight excluding hydrogens is 454 g/mol. The van der Waals surface area contributed by atoms with Gasteiger partial charge < -0.3 is 14.8 Å². The highest BCUT2D eigenvalue weighted by molar-refractivity contribution is 6.27. The molecule has 0 saturated carbocycles. The van der Waals surface area contributed by atoms with Crippen LogP contribution in [-0.2, 0) is 9.59 Å². The molecule has 2 unspecified atom stereocenters. The van der Waals surface area contributed by atoms with Gasteiger partial charge >= 0.3 is 0 Å². The van der Waals surface area contributed by atoms with Crippen LogP contribution >= 0.6 is 11.6 Å². The predicted molar refractivity (Wildman–Crippen MR) is 127 cm³/mol. The average molecular weight is 478 g/mol. The summed E-state index contributed by atoms with van der Waals surface area (Å²) in [4.78, 5) is 36.9. The number of rotatable bonds is 4. The smallest absolute Gasteiger partial charge is 0.245 e. The van der Waals surface area contributed by atoms with Gasteiger partial charge in [0.25, 0.3) is 0 Å².